The van der Waals surface area contributed by atoms with Crippen LogP contribution in [0.4, 0.5) is 0 Å². The average molecular weight is 284 g/mol. The van der Waals surface area contributed by atoms with Gasteiger partial charge in [-0.05, 0) is 31.4 Å². The number of aliphatic hydroxyl groups is 1. The maximum absolute atomic E-state index is 7.00. The molecular formula is C18H37NO. The summed E-state index contributed by atoms with van der Waals surface area (Å²) in [5, 5.41) is 10.4. The number of hydrogen-bond donors (Lipinski definition) is 2. The minimum absolute atomic E-state index is 0.755. The Labute approximate surface area is 127 Å². The van der Waals surface area contributed by atoms with Crippen molar-refractivity contribution >= 4 is 0 Å². The van der Waals surface area contributed by atoms with Crippen LogP contribution in [0.25, 0.3) is 0 Å². The number of aryl methyl sites for hydroxylation is 1. The number of hydrogen-bond acceptors (Lipinski definition) is 2. The van der Waals surface area contributed by atoms with Gasteiger partial charge in [-0.25, -0.2) is 0 Å². The van der Waals surface area contributed by atoms with E-state index in [4.69, 9.17) is 5.11 Å². The predicted molar refractivity (Wildman–Crippen MR) is 93.6 cm³/mol. The quantitative estimate of drug-likeness (QED) is 0.779. The first-order chi connectivity index (χ1) is 9.86. The van der Waals surface area contributed by atoms with Crippen LogP contribution in [0.1, 0.15) is 65.0 Å². The lowest BCUT2D eigenvalue weighted by molar-refractivity contribution is 0.399. The predicted octanol–water partition coefficient (Wildman–Crippen LogP) is 4.76. The van der Waals surface area contributed by atoms with Crippen molar-refractivity contribution in [1.82, 2.24) is 5.32 Å². The van der Waals surface area contributed by atoms with Crippen molar-refractivity contribution in [2.45, 2.75) is 60.8 Å². The molecule has 120 valence electrons. The topological polar surface area (TPSA) is 32.3 Å². The molecule has 2 heteroatoms. The highest BCUT2D eigenvalue weighted by atomic mass is 16.2. The molecule has 1 aliphatic heterocycles. The highest BCUT2D eigenvalue weighted by Crippen LogP contribution is 2.21. The molecule has 1 aromatic carbocycles. The van der Waals surface area contributed by atoms with Crippen molar-refractivity contribution in [3.05, 3.63) is 35.4 Å². The van der Waals surface area contributed by atoms with E-state index in [1.807, 2.05) is 41.5 Å². The maximum atomic E-state index is 7.00. The van der Waals surface area contributed by atoms with Crippen LogP contribution in [0.3, 0.4) is 0 Å². The van der Waals surface area contributed by atoms with Gasteiger partial charge in [-0.15, -0.1) is 0 Å². The Hall–Kier alpha value is -0.860. The second-order valence-corrected chi connectivity index (χ2v) is 3.60. The molecule has 0 aliphatic carbocycles. The van der Waals surface area contributed by atoms with E-state index in [1.165, 1.54) is 24.1 Å². The minimum Gasteiger partial charge on any atom is -0.400 e. The van der Waals surface area contributed by atoms with Crippen LogP contribution in [-0.2, 0) is 0 Å². The van der Waals surface area contributed by atoms with Gasteiger partial charge >= 0.3 is 0 Å². The zero-order valence-corrected chi connectivity index (χ0v) is 15.0. The summed E-state index contributed by atoms with van der Waals surface area (Å²) in [7, 11) is 1.00. The van der Waals surface area contributed by atoms with Crippen molar-refractivity contribution in [3.63, 3.8) is 0 Å². The monoisotopic (exact) mass is 283 g/mol. The summed E-state index contributed by atoms with van der Waals surface area (Å²) in [5.41, 5.74) is 2.84. The number of rotatable bonds is 1. The van der Waals surface area contributed by atoms with E-state index >= 15 is 0 Å². The Morgan fingerprint density at radius 3 is 1.70 bits per heavy atom. The Morgan fingerprint density at radius 1 is 0.900 bits per heavy atom. The first-order valence-electron chi connectivity index (χ1n) is 8.08. The molecule has 1 fully saturated rings. The molecule has 1 saturated heterocycles. The Kier molecular flexibility index (Phi) is 24.7. The van der Waals surface area contributed by atoms with Crippen molar-refractivity contribution < 1.29 is 5.11 Å². The molecule has 1 aliphatic rings. The molecule has 0 saturated carbocycles. The standard InChI is InChI=1S/C11H15N.3C2H6.CH4O/c1-9-2-4-10(5-3-9)11-6-7-12-8-11;4*1-2/h2-5,11-12H,6-8H2,1H3;3*1-2H3;2H,1H3. The lowest BCUT2D eigenvalue weighted by Gasteiger charge is -2.07. The van der Waals surface area contributed by atoms with Crippen molar-refractivity contribution in [2.24, 2.45) is 0 Å². The van der Waals surface area contributed by atoms with E-state index in [9.17, 15) is 0 Å². The molecule has 0 amide bonds. The van der Waals surface area contributed by atoms with E-state index in [2.05, 4.69) is 36.5 Å². The lowest BCUT2D eigenvalue weighted by Crippen LogP contribution is -2.07. The van der Waals surface area contributed by atoms with Crippen LogP contribution in [0.15, 0.2) is 24.3 Å². The first kappa shape index (κ1) is 24.2. The van der Waals surface area contributed by atoms with Gasteiger partial charge in [0.2, 0.25) is 0 Å². The average Bonchev–Trinajstić information content (AvgIpc) is 3.10. The second kappa shape index (κ2) is 20.5. The zero-order chi connectivity index (χ0) is 16.4. The smallest absolute Gasteiger partial charge is 0.0319 e. The van der Waals surface area contributed by atoms with E-state index in [0.717, 1.165) is 19.6 Å². The maximum Gasteiger partial charge on any atom is 0.0319 e. The molecule has 20 heavy (non-hydrogen) atoms. The fourth-order valence-corrected chi connectivity index (χ4v) is 1.78. The molecule has 0 spiro atoms. The van der Waals surface area contributed by atoms with Gasteiger partial charge in [0.25, 0.3) is 0 Å². The van der Waals surface area contributed by atoms with Crippen molar-refractivity contribution in [3.8, 4) is 0 Å². The van der Waals surface area contributed by atoms with Crippen LogP contribution < -0.4 is 5.32 Å². The van der Waals surface area contributed by atoms with Crippen LogP contribution >= 0.6 is 0 Å². The highest BCUT2D eigenvalue weighted by molar-refractivity contribution is 5.25. The van der Waals surface area contributed by atoms with Crippen LogP contribution in [-0.4, -0.2) is 25.3 Å². The van der Waals surface area contributed by atoms with E-state index < -0.39 is 0 Å². The summed E-state index contributed by atoms with van der Waals surface area (Å²) >= 11 is 0. The number of nitrogens with one attached hydrogen (secondary N) is 1. The first-order valence-corrected chi connectivity index (χ1v) is 8.08. The van der Waals surface area contributed by atoms with Crippen LogP contribution in [0, 0.1) is 6.92 Å². The fourth-order valence-electron chi connectivity index (χ4n) is 1.78. The third-order valence-corrected chi connectivity index (χ3v) is 2.61. The highest BCUT2D eigenvalue weighted by Gasteiger charge is 2.15. The van der Waals surface area contributed by atoms with Gasteiger partial charge in [-0.3, -0.25) is 0 Å². The normalized spacial score (nSPS) is 14.9. The zero-order valence-electron chi connectivity index (χ0n) is 15.0. The summed E-state index contributed by atoms with van der Waals surface area (Å²) in [4.78, 5) is 0. The van der Waals surface area contributed by atoms with Gasteiger partial charge in [0.1, 0.15) is 0 Å². The lowest BCUT2D eigenvalue weighted by atomic mass is 9.98. The molecule has 1 atom stereocenters. The number of benzene rings is 1. The molecular weight excluding hydrogens is 246 g/mol. The fraction of sp³-hybridized carbons (Fsp3) is 0.667. The molecule has 1 aromatic rings. The summed E-state index contributed by atoms with van der Waals surface area (Å²) in [6.45, 7) is 16.5. The van der Waals surface area contributed by atoms with Crippen LogP contribution in [0.2, 0.25) is 0 Å². The van der Waals surface area contributed by atoms with E-state index in [1.54, 1.807) is 0 Å². The molecule has 1 unspecified atom stereocenters. The van der Waals surface area contributed by atoms with E-state index in [0.29, 0.717) is 0 Å². The summed E-state index contributed by atoms with van der Waals surface area (Å²) in [5.74, 6) is 0.755. The van der Waals surface area contributed by atoms with Gasteiger partial charge in [0.05, 0.1) is 0 Å². The second-order valence-electron chi connectivity index (χ2n) is 3.60. The van der Waals surface area contributed by atoms with E-state index in [-0.39, 0.29) is 0 Å². The Morgan fingerprint density at radius 2 is 1.35 bits per heavy atom. The minimum atomic E-state index is 0.755. The Balaban J connectivity index is -0.000000314. The van der Waals surface area contributed by atoms with Gasteiger partial charge in [-0.1, -0.05) is 71.4 Å². The van der Waals surface area contributed by atoms with Gasteiger partial charge in [-0.2, -0.15) is 0 Å². The molecule has 2 nitrogen and oxygen atoms in total. The third kappa shape index (κ3) is 11.0. The summed E-state index contributed by atoms with van der Waals surface area (Å²) in [6, 6.07) is 8.92. The molecule has 2 N–H and O–H groups in total. The summed E-state index contributed by atoms with van der Waals surface area (Å²) in [6.07, 6.45) is 1.29. The summed E-state index contributed by atoms with van der Waals surface area (Å²) < 4.78 is 0. The third-order valence-electron chi connectivity index (χ3n) is 2.61. The largest absolute Gasteiger partial charge is 0.400 e. The SMILES string of the molecule is CC.CC.CC.CO.Cc1ccc(C2CCNC2)cc1. The molecule has 0 radical (unpaired) electrons. The van der Waals surface area contributed by atoms with Gasteiger partial charge < -0.3 is 10.4 Å². The molecule has 1 heterocycles. The molecule has 0 aromatic heterocycles. The van der Waals surface area contributed by atoms with Crippen LogP contribution in [0.5, 0.6) is 0 Å². The van der Waals surface area contributed by atoms with Crippen molar-refractivity contribution in [1.29, 1.82) is 0 Å². The molecule has 2 rings (SSSR count). The van der Waals surface area contributed by atoms with Crippen molar-refractivity contribution in [2.75, 3.05) is 20.2 Å². The Bertz CT molecular complexity index is 251. The number of aliphatic hydroxyl groups excluding tert-OH is 1. The van der Waals surface area contributed by atoms with Gasteiger partial charge in [0.15, 0.2) is 0 Å². The van der Waals surface area contributed by atoms with Gasteiger partial charge in [0, 0.05) is 13.7 Å². The molecule has 0 bridgehead atoms.